The van der Waals surface area contributed by atoms with E-state index in [0.29, 0.717) is 0 Å². The van der Waals surface area contributed by atoms with E-state index in [9.17, 15) is 5.26 Å². The molecule has 6 aliphatic rings. The largest absolute Gasteiger partial charge is 0.351 e. The summed E-state index contributed by atoms with van der Waals surface area (Å²) in [4.78, 5) is 5.16. The normalized spacial score (nSPS) is 37.0. The summed E-state index contributed by atoms with van der Waals surface area (Å²) in [6, 6.07) is 14.0. The minimum Gasteiger partial charge on any atom is -0.351 e. The van der Waals surface area contributed by atoms with Crippen molar-refractivity contribution in [1.29, 1.82) is 5.26 Å². The lowest BCUT2D eigenvalue weighted by Gasteiger charge is -2.59. The van der Waals surface area contributed by atoms with Gasteiger partial charge in [0.05, 0.1) is 23.0 Å². The molecule has 3 heteroatoms. The third-order valence-electron chi connectivity index (χ3n) is 11.6. The summed E-state index contributed by atoms with van der Waals surface area (Å²) in [5.74, 6) is 3.30. The Morgan fingerprint density at radius 2 is 1.58 bits per heavy atom. The van der Waals surface area contributed by atoms with Gasteiger partial charge >= 0.3 is 0 Å². The summed E-state index contributed by atoms with van der Waals surface area (Å²) in [5.41, 5.74) is 9.14. The molecule has 0 radical (unpaired) electrons. The molecule has 2 saturated carbocycles. The van der Waals surface area contributed by atoms with Crippen LogP contribution >= 0.6 is 0 Å². The molecule has 0 aromatic heterocycles. The molecule has 3 nitrogen and oxygen atoms in total. The van der Waals surface area contributed by atoms with Crippen LogP contribution in [0.1, 0.15) is 99.8 Å². The Balaban J connectivity index is 1.50. The lowest BCUT2D eigenvalue weighted by molar-refractivity contribution is 0.129. The number of nitriles is 1. The van der Waals surface area contributed by atoms with Crippen LogP contribution in [0.2, 0.25) is 0 Å². The SMILES string of the molecule is C=CC1(CC)C2N(C)c3cc4c(cc3N2c2cc(C#N)ccc2C1(C)CC)C1CC2CC(CC4C2)C1. The molecule has 0 amide bonds. The molecule has 0 N–H and O–H groups in total. The predicted molar refractivity (Wildman–Crippen MR) is 148 cm³/mol. The smallest absolute Gasteiger partial charge is 0.116 e. The van der Waals surface area contributed by atoms with Gasteiger partial charge in [0.25, 0.3) is 0 Å². The van der Waals surface area contributed by atoms with E-state index in [0.717, 1.165) is 42.1 Å². The Kier molecular flexibility index (Phi) is 4.62. The number of nitrogens with zero attached hydrogens (tertiary/aromatic N) is 3. The van der Waals surface area contributed by atoms with Crippen molar-refractivity contribution < 1.29 is 0 Å². The molecule has 2 fully saturated rings. The lowest BCUT2D eigenvalue weighted by atomic mass is 9.54. The van der Waals surface area contributed by atoms with Gasteiger partial charge < -0.3 is 9.80 Å². The average molecular weight is 478 g/mol. The molecule has 186 valence electrons. The van der Waals surface area contributed by atoms with Crippen molar-refractivity contribution in [2.75, 3.05) is 16.8 Å². The van der Waals surface area contributed by atoms with E-state index in [2.05, 4.69) is 80.6 Å². The molecule has 2 heterocycles. The van der Waals surface area contributed by atoms with Crippen LogP contribution in [0.15, 0.2) is 43.0 Å². The molecule has 5 unspecified atom stereocenters. The number of fused-ring (bicyclic) bond motifs is 5. The van der Waals surface area contributed by atoms with E-state index in [-0.39, 0.29) is 17.0 Å². The number of hydrogen-bond donors (Lipinski definition) is 0. The van der Waals surface area contributed by atoms with Gasteiger partial charge in [-0.2, -0.15) is 5.26 Å². The molecular weight excluding hydrogens is 438 g/mol. The van der Waals surface area contributed by atoms with Crippen molar-refractivity contribution in [2.24, 2.45) is 17.3 Å². The Labute approximate surface area is 216 Å². The first-order valence-electron chi connectivity index (χ1n) is 14.3. The first kappa shape index (κ1) is 22.5. The Bertz CT molecular complexity index is 1300. The highest BCUT2D eigenvalue weighted by molar-refractivity contribution is 5.89. The molecule has 0 spiro atoms. The highest BCUT2D eigenvalue weighted by Gasteiger charge is 2.60. The van der Waals surface area contributed by atoms with Gasteiger partial charge in [0.2, 0.25) is 0 Å². The third kappa shape index (κ3) is 2.54. The summed E-state index contributed by atoms with van der Waals surface area (Å²) in [5, 5.41) is 9.84. The third-order valence-corrected chi connectivity index (χ3v) is 11.6. The second kappa shape index (κ2) is 7.41. The maximum atomic E-state index is 9.84. The number of hydrogen-bond acceptors (Lipinski definition) is 3. The van der Waals surface area contributed by atoms with E-state index in [1.165, 1.54) is 54.7 Å². The Hall–Kier alpha value is -2.73. The topological polar surface area (TPSA) is 30.3 Å². The number of rotatable bonds is 3. The molecular formula is C33H39N3. The molecule has 2 aliphatic heterocycles. The summed E-state index contributed by atoms with van der Waals surface area (Å²) >= 11 is 0. The minimum absolute atomic E-state index is 0.0703. The molecule has 36 heavy (non-hydrogen) atoms. The molecule has 2 aromatic rings. The molecule has 2 aromatic carbocycles. The Morgan fingerprint density at radius 3 is 2.14 bits per heavy atom. The van der Waals surface area contributed by atoms with E-state index in [1.807, 2.05) is 6.07 Å². The minimum atomic E-state index is -0.119. The van der Waals surface area contributed by atoms with Gasteiger partial charge in [0.15, 0.2) is 0 Å². The molecule has 0 saturated heterocycles. The standard InChI is InChI=1S/C33H39N3/c1-6-32(4)27-10-9-20(19-34)16-28(27)36-30-18-26-24-14-21-11-22(15-24)13-23(12-21)25(26)17-29(30)35(5)31(36)33(32,7-2)8-3/h7,9-10,16-18,21-24,31H,2,6,8,11-15H2,1,3-5H3. The van der Waals surface area contributed by atoms with Crippen LogP contribution in [0.4, 0.5) is 17.1 Å². The van der Waals surface area contributed by atoms with Gasteiger partial charge in [-0.3, -0.25) is 0 Å². The predicted octanol–water partition coefficient (Wildman–Crippen LogP) is 8.13. The molecule has 4 aliphatic carbocycles. The second-order valence-corrected chi connectivity index (χ2v) is 12.8. The first-order chi connectivity index (χ1) is 17.4. The molecule has 4 bridgehead atoms. The molecule has 5 atom stereocenters. The van der Waals surface area contributed by atoms with E-state index >= 15 is 0 Å². The van der Waals surface area contributed by atoms with Crippen molar-refractivity contribution in [2.45, 2.75) is 89.1 Å². The van der Waals surface area contributed by atoms with Crippen LogP contribution in [0.5, 0.6) is 0 Å². The van der Waals surface area contributed by atoms with Crippen molar-refractivity contribution >= 4 is 17.1 Å². The van der Waals surface area contributed by atoms with Crippen LogP contribution in [0.3, 0.4) is 0 Å². The van der Waals surface area contributed by atoms with Gasteiger partial charge in [-0.15, -0.1) is 6.58 Å². The van der Waals surface area contributed by atoms with Gasteiger partial charge in [-0.25, -0.2) is 0 Å². The van der Waals surface area contributed by atoms with Gasteiger partial charge in [-0.1, -0.05) is 32.9 Å². The summed E-state index contributed by atoms with van der Waals surface area (Å²) in [7, 11) is 2.30. The van der Waals surface area contributed by atoms with Crippen molar-refractivity contribution in [3.8, 4) is 6.07 Å². The highest BCUT2D eigenvalue weighted by Crippen LogP contribution is 2.65. The Morgan fingerprint density at radius 1 is 0.944 bits per heavy atom. The fourth-order valence-electron chi connectivity index (χ4n) is 9.79. The summed E-state index contributed by atoms with van der Waals surface area (Å²) in [6.07, 6.45) is 11.5. The number of benzene rings is 2. The van der Waals surface area contributed by atoms with E-state index in [1.54, 1.807) is 11.1 Å². The highest BCUT2D eigenvalue weighted by atomic mass is 15.4. The van der Waals surface area contributed by atoms with Gasteiger partial charge in [-0.05, 0) is 110 Å². The fraction of sp³-hybridized carbons (Fsp3) is 0.545. The van der Waals surface area contributed by atoms with Gasteiger partial charge in [0.1, 0.15) is 6.17 Å². The average Bonchev–Trinajstić information content (AvgIpc) is 3.08. The van der Waals surface area contributed by atoms with Crippen molar-refractivity contribution in [3.05, 3.63) is 65.2 Å². The van der Waals surface area contributed by atoms with E-state index in [4.69, 9.17) is 0 Å². The zero-order chi connectivity index (χ0) is 25.0. The maximum Gasteiger partial charge on any atom is 0.116 e. The monoisotopic (exact) mass is 477 g/mol. The van der Waals surface area contributed by atoms with Crippen molar-refractivity contribution in [3.63, 3.8) is 0 Å². The lowest BCUT2D eigenvalue weighted by Crippen LogP contribution is -2.62. The first-order valence-corrected chi connectivity index (χ1v) is 14.3. The number of anilines is 3. The summed E-state index contributed by atoms with van der Waals surface area (Å²) < 4.78 is 0. The van der Waals surface area contributed by atoms with Crippen LogP contribution < -0.4 is 9.80 Å². The van der Waals surface area contributed by atoms with Crippen LogP contribution in [-0.2, 0) is 5.41 Å². The van der Waals surface area contributed by atoms with Crippen LogP contribution in [0, 0.1) is 28.6 Å². The zero-order valence-electron chi connectivity index (χ0n) is 22.3. The van der Waals surface area contributed by atoms with Crippen LogP contribution in [0.25, 0.3) is 0 Å². The second-order valence-electron chi connectivity index (χ2n) is 12.8. The fourth-order valence-corrected chi connectivity index (χ4v) is 9.79. The summed E-state index contributed by atoms with van der Waals surface area (Å²) in [6.45, 7) is 11.6. The van der Waals surface area contributed by atoms with Crippen molar-refractivity contribution in [1.82, 2.24) is 0 Å². The molecule has 8 rings (SSSR count). The van der Waals surface area contributed by atoms with Crippen LogP contribution in [-0.4, -0.2) is 13.2 Å². The van der Waals surface area contributed by atoms with Gasteiger partial charge in [0, 0.05) is 23.6 Å². The zero-order valence-corrected chi connectivity index (χ0v) is 22.3. The maximum absolute atomic E-state index is 9.84. The quantitative estimate of drug-likeness (QED) is 0.418. The van der Waals surface area contributed by atoms with E-state index < -0.39 is 0 Å².